The minimum absolute atomic E-state index is 0.0389. The lowest BCUT2D eigenvalue weighted by molar-refractivity contribution is -0.129. The Morgan fingerprint density at radius 3 is 2.24 bits per heavy atom. The molecule has 0 unspecified atom stereocenters. The second kappa shape index (κ2) is 13.8. The minimum atomic E-state index is -3.75. The molecule has 2 N–H and O–H groups in total. The van der Waals surface area contributed by atoms with Crippen molar-refractivity contribution in [3.63, 3.8) is 0 Å². The number of nitrogens with zero attached hydrogens (tertiary/aromatic N) is 1. The molecule has 1 aliphatic carbocycles. The molecular weight excluding hydrogens is 668 g/mol. The smallest absolute Gasteiger partial charge is 0.252 e. The van der Waals surface area contributed by atoms with E-state index in [9.17, 15) is 13.2 Å². The Morgan fingerprint density at radius 1 is 0.935 bits per heavy atom. The Bertz CT molecular complexity index is 1790. The van der Waals surface area contributed by atoms with Crippen LogP contribution in [0.15, 0.2) is 117 Å². The highest BCUT2D eigenvalue weighted by molar-refractivity contribution is 9.10. The summed E-state index contributed by atoms with van der Waals surface area (Å²) < 4.78 is 40.2. The molecule has 0 aromatic heterocycles. The van der Waals surface area contributed by atoms with Gasteiger partial charge >= 0.3 is 0 Å². The molecule has 1 aliphatic heterocycles. The third-order valence-corrected chi connectivity index (χ3v) is 10.7. The molecule has 2 aliphatic rings. The fourth-order valence-electron chi connectivity index (χ4n) is 6.01. The zero-order chi connectivity index (χ0) is 32.1. The quantitative estimate of drug-likeness (QED) is 0.186. The molecule has 4 aromatic carbocycles. The summed E-state index contributed by atoms with van der Waals surface area (Å²) in [4.78, 5) is 19.8. The van der Waals surface area contributed by atoms with Crippen LogP contribution in [0.5, 0.6) is 5.75 Å². The lowest BCUT2D eigenvalue weighted by Crippen LogP contribution is -2.52. The maximum absolute atomic E-state index is 14.6. The number of aliphatic imine (C=N–C) groups is 1. The Kier molecular flexibility index (Phi) is 9.58. The van der Waals surface area contributed by atoms with Gasteiger partial charge in [0.25, 0.3) is 5.91 Å². The Morgan fingerprint density at radius 2 is 1.59 bits per heavy atom. The molecule has 0 radical (unpaired) electrons. The van der Waals surface area contributed by atoms with Gasteiger partial charge in [0, 0.05) is 35.5 Å². The first kappa shape index (κ1) is 32.0. The molecule has 1 amide bonds. The van der Waals surface area contributed by atoms with E-state index < -0.39 is 21.5 Å². The van der Waals surface area contributed by atoms with E-state index in [4.69, 9.17) is 19.6 Å². The minimum Gasteiger partial charge on any atom is -0.494 e. The molecular formula is C36H35BrN2O6S. The maximum Gasteiger partial charge on any atom is 0.252 e. The SMILES string of the molecule is O=C(NC1Cc2ccccc2C1)[C@]1(CCS(=O)(=O)c2ccccc2)N=C(c2ccc(OCCCO)cc2)O[C@@H]1c1ccc(Br)cc1. The van der Waals surface area contributed by atoms with Crippen LogP contribution in [0.4, 0.5) is 0 Å². The Labute approximate surface area is 277 Å². The van der Waals surface area contributed by atoms with Crippen molar-refractivity contribution in [2.24, 2.45) is 4.99 Å². The molecule has 46 heavy (non-hydrogen) atoms. The van der Waals surface area contributed by atoms with Gasteiger partial charge in [-0.1, -0.05) is 70.5 Å². The second-order valence-corrected chi connectivity index (χ2v) is 14.6. The highest BCUT2D eigenvalue weighted by Gasteiger charge is 2.54. The van der Waals surface area contributed by atoms with Crippen LogP contribution in [0, 0.1) is 0 Å². The summed E-state index contributed by atoms with van der Waals surface area (Å²) in [6.07, 6.45) is 0.895. The zero-order valence-electron chi connectivity index (χ0n) is 25.1. The molecule has 238 valence electrons. The molecule has 0 spiro atoms. The van der Waals surface area contributed by atoms with Crippen molar-refractivity contribution in [2.75, 3.05) is 19.0 Å². The van der Waals surface area contributed by atoms with Crippen LogP contribution < -0.4 is 10.1 Å². The molecule has 10 heteroatoms. The van der Waals surface area contributed by atoms with Crippen LogP contribution in [0.3, 0.4) is 0 Å². The fourth-order valence-corrected chi connectivity index (χ4v) is 7.67. The van der Waals surface area contributed by atoms with E-state index in [1.54, 1.807) is 54.6 Å². The molecule has 1 heterocycles. The first-order chi connectivity index (χ1) is 22.3. The number of ether oxygens (including phenoxy) is 2. The molecule has 8 nitrogen and oxygen atoms in total. The van der Waals surface area contributed by atoms with Crippen molar-refractivity contribution < 1.29 is 27.8 Å². The van der Waals surface area contributed by atoms with Gasteiger partial charge in [-0.15, -0.1) is 0 Å². The van der Waals surface area contributed by atoms with Crippen molar-refractivity contribution >= 4 is 37.6 Å². The van der Waals surface area contributed by atoms with E-state index in [1.807, 2.05) is 36.4 Å². The number of rotatable bonds is 12. The number of halogens is 1. The Hall–Kier alpha value is -3.99. The van der Waals surface area contributed by atoms with Crippen molar-refractivity contribution in [3.05, 3.63) is 130 Å². The average molecular weight is 704 g/mol. The molecule has 0 fully saturated rings. The predicted molar refractivity (Wildman–Crippen MR) is 180 cm³/mol. The summed E-state index contributed by atoms with van der Waals surface area (Å²) in [5, 5.41) is 12.3. The van der Waals surface area contributed by atoms with Crippen LogP contribution in [-0.4, -0.2) is 55.9 Å². The fraction of sp³-hybridized carbons (Fsp3) is 0.278. The van der Waals surface area contributed by atoms with E-state index in [1.165, 1.54) is 11.1 Å². The van der Waals surface area contributed by atoms with E-state index in [-0.39, 0.29) is 41.5 Å². The number of benzene rings is 4. The molecule has 6 rings (SSSR count). The summed E-state index contributed by atoms with van der Waals surface area (Å²) in [6.45, 7) is 0.417. The molecule has 2 atom stereocenters. The summed E-state index contributed by atoms with van der Waals surface area (Å²) in [7, 11) is -3.75. The topological polar surface area (TPSA) is 114 Å². The maximum atomic E-state index is 14.6. The third-order valence-electron chi connectivity index (χ3n) is 8.44. The van der Waals surface area contributed by atoms with Gasteiger partial charge < -0.3 is 19.9 Å². The van der Waals surface area contributed by atoms with Gasteiger partial charge in [0.05, 0.1) is 17.3 Å². The number of sulfone groups is 1. The van der Waals surface area contributed by atoms with E-state index in [0.29, 0.717) is 42.7 Å². The molecule has 0 bridgehead atoms. The van der Waals surface area contributed by atoms with Gasteiger partial charge in [-0.05, 0) is 78.1 Å². The number of carbonyl (C=O) groups excluding carboxylic acids is 1. The van der Waals surface area contributed by atoms with Crippen LogP contribution in [0.25, 0.3) is 0 Å². The number of nitrogens with one attached hydrogen (secondary N) is 1. The first-order valence-electron chi connectivity index (χ1n) is 15.3. The van der Waals surface area contributed by atoms with Gasteiger partial charge in [-0.3, -0.25) is 4.79 Å². The number of amides is 1. The van der Waals surface area contributed by atoms with E-state index in [0.717, 1.165) is 4.47 Å². The predicted octanol–water partition coefficient (Wildman–Crippen LogP) is 5.61. The molecule has 0 saturated heterocycles. The average Bonchev–Trinajstić information content (AvgIpc) is 3.67. The standard InChI is InChI=1S/C36H35BrN2O6S/c37-29-15-11-25(12-16-29)33-36(19-22-46(42,43)32-9-2-1-3-10-32,35(41)38-30-23-27-7-4-5-8-28(27)24-30)39-34(45-33)26-13-17-31(18-14-26)44-21-6-20-40/h1-5,7-18,30,33,40H,6,19-24H2,(H,38,41)/t33-,36-/m1/s1. The number of hydrogen-bond donors (Lipinski definition) is 2. The third kappa shape index (κ3) is 6.89. The molecule has 0 saturated carbocycles. The normalized spacial score (nSPS) is 19.3. The number of carbonyl (C=O) groups is 1. The largest absolute Gasteiger partial charge is 0.494 e. The number of fused-ring (bicyclic) bond motifs is 1. The summed E-state index contributed by atoms with van der Waals surface area (Å²) in [6, 6.07) is 30.9. The summed E-state index contributed by atoms with van der Waals surface area (Å²) in [5.41, 5.74) is 2.13. The van der Waals surface area contributed by atoms with Crippen LogP contribution in [0.1, 0.15) is 41.2 Å². The van der Waals surface area contributed by atoms with Crippen LogP contribution >= 0.6 is 15.9 Å². The van der Waals surface area contributed by atoms with E-state index in [2.05, 4.69) is 33.4 Å². The molecule has 4 aromatic rings. The summed E-state index contributed by atoms with van der Waals surface area (Å²) >= 11 is 3.49. The highest BCUT2D eigenvalue weighted by atomic mass is 79.9. The first-order valence-corrected chi connectivity index (χ1v) is 17.7. The van der Waals surface area contributed by atoms with Crippen LogP contribution in [0.2, 0.25) is 0 Å². The van der Waals surface area contributed by atoms with E-state index >= 15 is 0 Å². The van der Waals surface area contributed by atoms with Crippen molar-refractivity contribution in [3.8, 4) is 5.75 Å². The lowest BCUT2D eigenvalue weighted by atomic mass is 9.84. The Balaban J connectivity index is 1.38. The van der Waals surface area contributed by atoms with Crippen molar-refractivity contribution in [1.29, 1.82) is 0 Å². The van der Waals surface area contributed by atoms with Gasteiger partial charge in [-0.2, -0.15) is 0 Å². The van der Waals surface area contributed by atoms with Crippen LogP contribution in [-0.2, 0) is 32.2 Å². The van der Waals surface area contributed by atoms with Gasteiger partial charge in [0.1, 0.15) is 5.75 Å². The van der Waals surface area contributed by atoms with Gasteiger partial charge in [0.2, 0.25) is 5.90 Å². The summed E-state index contributed by atoms with van der Waals surface area (Å²) in [5.74, 6) is 0.191. The van der Waals surface area contributed by atoms with Crippen molar-refractivity contribution in [1.82, 2.24) is 5.32 Å². The second-order valence-electron chi connectivity index (χ2n) is 11.6. The number of aliphatic hydroxyl groups is 1. The zero-order valence-corrected chi connectivity index (χ0v) is 27.5. The monoisotopic (exact) mass is 702 g/mol. The number of aliphatic hydroxyl groups excluding tert-OH is 1. The van der Waals surface area contributed by atoms with Crippen molar-refractivity contribution in [2.45, 2.75) is 48.3 Å². The van der Waals surface area contributed by atoms with Gasteiger partial charge in [0.15, 0.2) is 21.5 Å². The highest BCUT2D eigenvalue weighted by Crippen LogP contribution is 2.43. The van der Waals surface area contributed by atoms with Gasteiger partial charge in [-0.25, -0.2) is 13.4 Å². The lowest BCUT2D eigenvalue weighted by Gasteiger charge is -2.32. The number of hydrogen-bond acceptors (Lipinski definition) is 7.